The van der Waals surface area contributed by atoms with Crippen molar-refractivity contribution in [3.8, 4) is 5.75 Å². The Hall–Kier alpha value is -2.83. The van der Waals surface area contributed by atoms with Gasteiger partial charge in [0, 0.05) is 43.9 Å². The lowest BCUT2D eigenvalue weighted by atomic mass is 9.87. The molecule has 0 N–H and O–H groups in total. The zero-order chi connectivity index (χ0) is 23.4. The summed E-state index contributed by atoms with van der Waals surface area (Å²) in [5.74, 6) is 0.748. The predicted octanol–water partition coefficient (Wildman–Crippen LogP) is 4.83. The molecular formula is C26H31ClN4O2. The highest BCUT2D eigenvalue weighted by molar-refractivity contribution is 6.30. The van der Waals surface area contributed by atoms with Crippen molar-refractivity contribution >= 4 is 17.5 Å². The van der Waals surface area contributed by atoms with Gasteiger partial charge in [0.05, 0.1) is 0 Å². The standard InChI is InChI=1S/C26H31ClN4O2/c1-26(2,3)21-6-10-23(11-7-21)33-19-31-13-12-24(28-31)25(32)30-16-14-29(15-17-30)18-20-4-8-22(27)9-5-20/h4-13H,14-19H2,1-3H3. The SMILES string of the molecule is CC(C)(C)c1ccc(OCn2ccc(C(=O)N3CCN(Cc4ccc(Cl)cc4)CC3)n2)cc1. The molecule has 2 heterocycles. The lowest BCUT2D eigenvalue weighted by Crippen LogP contribution is -2.48. The van der Waals surface area contributed by atoms with Gasteiger partial charge in [0.15, 0.2) is 12.4 Å². The second kappa shape index (κ2) is 9.98. The first-order valence-corrected chi connectivity index (χ1v) is 11.7. The van der Waals surface area contributed by atoms with E-state index in [9.17, 15) is 4.79 Å². The van der Waals surface area contributed by atoms with Crippen LogP contribution in [0, 0.1) is 0 Å². The predicted molar refractivity (Wildman–Crippen MR) is 131 cm³/mol. The Morgan fingerprint density at radius 2 is 1.64 bits per heavy atom. The fourth-order valence-corrected chi connectivity index (χ4v) is 3.98. The van der Waals surface area contributed by atoms with Crippen molar-refractivity contribution in [2.45, 2.75) is 39.5 Å². The van der Waals surface area contributed by atoms with Crippen molar-refractivity contribution < 1.29 is 9.53 Å². The molecule has 0 saturated carbocycles. The van der Waals surface area contributed by atoms with Gasteiger partial charge in [0.1, 0.15) is 5.75 Å². The first kappa shape index (κ1) is 23.3. The van der Waals surface area contributed by atoms with Gasteiger partial charge in [-0.2, -0.15) is 5.10 Å². The van der Waals surface area contributed by atoms with Gasteiger partial charge in [-0.05, 0) is 46.9 Å². The first-order valence-electron chi connectivity index (χ1n) is 11.3. The number of benzene rings is 2. The van der Waals surface area contributed by atoms with E-state index in [1.165, 1.54) is 11.1 Å². The van der Waals surface area contributed by atoms with E-state index in [1.54, 1.807) is 16.9 Å². The van der Waals surface area contributed by atoms with Crippen LogP contribution in [0.15, 0.2) is 60.8 Å². The Morgan fingerprint density at radius 1 is 0.970 bits per heavy atom. The molecule has 2 aromatic carbocycles. The smallest absolute Gasteiger partial charge is 0.274 e. The maximum atomic E-state index is 12.9. The molecule has 0 radical (unpaired) electrons. The molecule has 0 spiro atoms. The summed E-state index contributed by atoms with van der Waals surface area (Å²) < 4.78 is 7.49. The van der Waals surface area contributed by atoms with Crippen LogP contribution in [0.1, 0.15) is 42.4 Å². The van der Waals surface area contributed by atoms with E-state index in [-0.39, 0.29) is 18.1 Å². The summed E-state index contributed by atoms with van der Waals surface area (Å²) in [5, 5.41) is 5.17. The van der Waals surface area contributed by atoms with Gasteiger partial charge in [0.25, 0.3) is 5.91 Å². The van der Waals surface area contributed by atoms with Gasteiger partial charge in [-0.15, -0.1) is 0 Å². The monoisotopic (exact) mass is 466 g/mol. The van der Waals surface area contributed by atoms with E-state index in [0.29, 0.717) is 18.8 Å². The first-order chi connectivity index (χ1) is 15.8. The van der Waals surface area contributed by atoms with Crippen LogP contribution in [0.4, 0.5) is 0 Å². The normalized spacial score (nSPS) is 15.0. The van der Waals surface area contributed by atoms with Crippen LogP contribution in [0.25, 0.3) is 0 Å². The molecule has 1 saturated heterocycles. The lowest BCUT2D eigenvalue weighted by Gasteiger charge is -2.34. The second-order valence-corrected chi connectivity index (χ2v) is 9.92. The Kier molecular flexibility index (Phi) is 7.05. The van der Waals surface area contributed by atoms with Gasteiger partial charge < -0.3 is 9.64 Å². The molecule has 33 heavy (non-hydrogen) atoms. The highest BCUT2D eigenvalue weighted by Crippen LogP contribution is 2.24. The fourth-order valence-electron chi connectivity index (χ4n) is 3.86. The molecule has 3 aromatic rings. The molecular weight excluding hydrogens is 436 g/mol. The van der Waals surface area contributed by atoms with Gasteiger partial charge in [-0.3, -0.25) is 9.69 Å². The Morgan fingerprint density at radius 3 is 2.27 bits per heavy atom. The minimum Gasteiger partial charge on any atom is -0.471 e. The number of carbonyl (C=O) groups excluding carboxylic acids is 1. The zero-order valence-corrected chi connectivity index (χ0v) is 20.3. The van der Waals surface area contributed by atoms with Crippen LogP contribution in [-0.4, -0.2) is 51.7 Å². The number of nitrogens with zero attached hydrogens (tertiary/aromatic N) is 4. The Balaban J connectivity index is 1.26. The van der Waals surface area contributed by atoms with Crippen LogP contribution in [0.5, 0.6) is 5.75 Å². The van der Waals surface area contributed by atoms with Crippen molar-refractivity contribution in [2.24, 2.45) is 0 Å². The fraction of sp³-hybridized carbons (Fsp3) is 0.385. The summed E-state index contributed by atoms with van der Waals surface area (Å²) in [7, 11) is 0. The van der Waals surface area contributed by atoms with Gasteiger partial charge >= 0.3 is 0 Å². The third-order valence-electron chi connectivity index (χ3n) is 5.92. The largest absolute Gasteiger partial charge is 0.471 e. The van der Waals surface area contributed by atoms with Gasteiger partial charge in [0.2, 0.25) is 0 Å². The van der Waals surface area contributed by atoms with Crippen LogP contribution in [0.3, 0.4) is 0 Å². The van der Waals surface area contributed by atoms with Crippen molar-refractivity contribution in [1.29, 1.82) is 0 Å². The molecule has 0 bridgehead atoms. The molecule has 0 aliphatic carbocycles. The van der Waals surface area contributed by atoms with E-state index in [0.717, 1.165) is 30.4 Å². The molecule has 4 rings (SSSR count). The van der Waals surface area contributed by atoms with E-state index in [1.807, 2.05) is 41.3 Å². The number of rotatable bonds is 6. The number of halogens is 1. The number of ether oxygens (including phenoxy) is 1. The molecule has 174 valence electrons. The van der Waals surface area contributed by atoms with E-state index < -0.39 is 0 Å². The number of carbonyl (C=O) groups is 1. The Bertz CT molecular complexity index is 1060. The van der Waals surface area contributed by atoms with Crippen LogP contribution in [-0.2, 0) is 18.7 Å². The molecule has 1 aliphatic heterocycles. The van der Waals surface area contributed by atoms with E-state index in [2.05, 4.69) is 42.9 Å². The molecule has 1 amide bonds. The molecule has 6 nitrogen and oxygen atoms in total. The summed E-state index contributed by atoms with van der Waals surface area (Å²) in [4.78, 5) is 17.1. The maximum Gasteiger partial charge on any atom is 0.274 e. The van der Waals surface area contributed by atoms with Crippen molar-refractivity contribution in [3.63, 3.8) is 0 Å². The van der Waals surface area contributed by atoms with E-state index in [4.69, 9.17) is 16.3 Å². The lowest BCUT2D eigenvalue weighted by molar-refractivity contribution is 0.0621. The highest BCUT2D eigenvalue weighted by Gasteiger charge is 2.23. The minimum absolute atomic E-state index is 0.0329. The van der Waals surface area contributed by atoms with Crippen LogP contribution in [0.2, 0.25) is 5.02 Å². The van der Waals surface area contributed by atoms with Crippen LogP contribution >= 0.6 is 11.6 Å². The van der Waals surface area contributed by atoms with E-state index >= 15 is 0 Å². The number of amides is 1. The molecule has 7 heteroatoms. The van der Waals surface area contributed by atoms with Gasteiger partial charge in [-0.1, -0.05) is 56.6 Å². The molecule has 1 fully saturated rings. The van der Waals surface area contributed by atoms with Crippen molar-refractivity contribution in [3.05, 3.63) is 82.6 Å². The average Bonchev–Trinajstić information content (AvgIpc) is 3.28. The third kappa shape index (κ3) is 6.15. The molecule has 1 aromatic heterocycles. The number of hydrogen-bond acceptors (Lipinski definition) is 4. The zero-order valence-electron chi connectivity index (χ0n) is 19.5. The topological polar surface area (TPSA) is 50.6 Å². The van der Waals surface area contributed by atoms with Gasteiger partial charge in [-0.25, -0.2) is 4.68 Å². The summed E-state index contributed by atoms with van der Waals surface area (Å²) in [6, 6.07) is 17.8. The van der Waals surface area contributed by atoms with Crippen molar-refractivity contribution in [2.75, 3.05) is 26.2 Å². The summed E-state index contributed by atoms with van der Waals surface area (Å²) in [6.07, 6.45) is 1.79. The van der Waals surface area contributed by atoms with Crippen molar-refractivity contribution in [1.82, 2.24) is 19.6 Å². The number of piperazine rings is 1. The minimum atomic E-state index is -0.0329. The quantitative estimate of drug-likeness (QED) is 0.522. The number of hydrogen-bond donors (Lipinski definition) is 0. The summed E-state index contributed by atoms with van der Waals surface area (Å²) in [6.45, 7) is 10.7. The highest BCUT2D eigenvalue weighted by atomic mass is 35.5. The summed E-state index contributed by atoms with van der Waals surface area (Å²) in [5.41, 5.74) is 3.05. The number of aromatic nitrogens is 2. The maximum absolute atomic E-state index is 12.9. The van der Waals surface area contributed by atoms with Crippen LogP contribution < -0.4 is 4.74 Å². The summed E-state index contributed by atoms with van der Waals surface area (Å²) >= 11 is 5.97. The second-order valence-electron chi connectivity index (χ2n) is 9.48. The average molecular weight is 467 g/mol. The third-order valence-corrected chi connectivity index (χ3v) is 6.17. The molecule has 0 atom stereocenters. The molecule has 1 aliphatic rings. The Labute approximate surface area is 200 Å². The molecule has 0 unspecified atom stereocenters.